The Balaban J connectivity index is 2.16. The molecule has 1 saturated heterocycles. The van der Waals surface area contributed by atoms with Crippen LogP contribution in [0.25, 0.3) is 0 Å². The van der Waals surface area contributed by atoms with Gasteiger partial charge in [-0.05, 0) is 31.4 Å². The van der Waals surface area contributed by atoms with Crippen LogP contribution in [0.2, 0.25) is 0 Å². The molecule has 1 fully saturated rings. The minimum atomic E-state index is -0.473. The van der Waals surface area contributed by atoms with Crippen LogP contribution in [0.5, 0.6) is 0 Å². The number of piperidine rings is 1. The second-order valence-corrected chi connectivity index (χ2v) is 5.14. The molecule has 1 heterocycles. The third-order valence-electron chi connectivity index (χ3n) is 3.75. The molecule has 0 saturated carbocycles. The van der Waals surface area contributed by atoms with Gasteiger partial charge in [0.2, 0.25) is 5.91 Å². The van der Waals surface area contributed by atoms with Crippen LogP contribution in [0.15, 0.2) is 18.2 Å². The number of nitrogens with zero attached hydrogens (tertiary/aromatic N) is 1. The Morgan fingerprint density at radius 1 is 1.40 bits per heavy atom. The number of hydrogen-bond acceptors (Lipinski definition) is 2. The first-order valence-corrected chi connectivity index (χ1v) is 6.80. The molecule has 1 aromatic rings. The van der Waals surface area contributed by atoms with Gasteiger partial charge in [-0.15, -0.1) is 0 Å². The summed E-state index contributed by atoms with van der Waals surface area (Å²) in [6.07, 6.45) is 1.52. The summed E-state index contributed by atoms with van der Waals surface area (Å²) < 4.78 is 14.0. The van der Waals surface area contributed by atoms with Crippen LogP contribution in [0.4, 0.5) is 4.39 Å². The highest BCUT2D eigenvalue weighted by Crippen LogP contribution is 2.21. The Hall–Kier alpha value is -1.91. The largest absolute Gasteiger partial charge is 0.359 e. The summed E-state index contributed by atoms with van der Waals surface area (Å²) in [6.45, 7) is 2.56. The molecule has 0 aliphatic carbocycles. The normalized spacial score (nSPS) is 18.8. The molecule has 5 heteroatoms. The first-order valence-electron chi connectivity index (χ1n) is 6.80. The van der Waals surface area contributed by atoms with Gasteiger partial charge in [0.15, 0.2) is 0 Å². The van der Waals surface area contributed by atoms with Crippen molar-refractivity contribution in [3.63, 3.8) is 0 Å². The lowest BCUT2D eigenvalue weighted by atomic mass is 9.96. The Bertz CT molecular complexity index is 531. The van der Waals surface area contributed by atoms with Gasteiger partial charge in [-0.3, -0.25) is 9.59 Å². The van der Waals surface area contributed by atoms with E-state index in [1.54, 1.807) is 31.0 Å². The van der Waals surface area contributed by atoms with E-state index in [0.29, 0.717) is 18.7 Å². The predicted molar refractivity (Wildman–Crippen MR) is 73.8 cm³/mol. The highest BCUT2D eigenvalue weighted by Gasteiger charge is 2.29. The Kier molecular flexibility index (Phi) is 4.37. The SMILES string of the molecule is CNC(=O)C1CCCN(C(=O)c2cccc(C)c2F)C1. The number of aryl methyl sites for hydroxylation is 1. The number of nitrogens with one attached hydrogen (secondary N) is 1. The van der Waals surface area contributed by atoms with Crippen molar-refractivity contribution in [2.24, 2.45) is 5.92 Å². The van der Waals surface area contributed by atoms with E-state index >= 15 is 0 Å². The predicted octanol–water partition coefficient (Wildman–Crippen LogP) is 1.73. The van der Waals surface area contributed by atoms with Gasteiger partial charge >= 0.3 is 0 Å². The van der Waals surface area contributed by atoms with Crippen LogP contribution >= 0.6 is 0 Å². The fourth-order valence-corrected chi connectivity index (χ4v) is 2.56. The van der Waals surface area contributed by atoms with Crippen molar-refractivity contribution in [3.05, 3.63) is 35.1 Å². The van der Waals surface area contributed by atoms with Crippen LogP contribution < -0.4 is 5.32 Å². The van der Waals surface area contributed by atoms with E-state index in [0.717, 1.165) is 12.8 Å². The molecule has 0 aromatic heterocycles. The van der Waals surface area contributed by atoms with Gasteiger partial charge in [0.05, 0.1) is 11.5 Å². The van der Waals surface area contributed by atoms with Gasteiger partial charge in [0.1, 0.15) is 5.82 Å². The summed E-state index contributed by atoms with van der Waals surface area (Å²) >= 11 is 0. The second kappa shape index (κ2) is 6.03. The lowest BCUT2D eigenvalue weighted by molar-refractivity contribution is -0.125. The van der Waals surface area contributed by atoms with Gasteiger partial charge in [-0.25, -0.2) is 4.39 Å². The fourth-order valence-electron chi connectivity index (χ4n) is 2.56. The second-order valence-electron chi connectivity index (χ2n) is 5.14. The van der Waals surface area contributed by atoms with Crippen molar-refractivity contribution >= 4 is 11.8 Å². The van der Waals surface area contributed by atoms with Crippen molar-refractivity contribution in [3.8, 4) is 0 Å². The molecule has 0 radical (unpaired) electrons. The highest BCUT2D eigenvalue weighted by molar-refractivity contribution is 5.95. The molecule has 1 N–H and O–H groups in total. The quantitative estimate of drug-likeness (QED) is 0.895. The number of likely N-dealkylation sites (tertiary alicyclic amines) is 1. The summed E-state index contributed by atoms with van der Waals surface area (Å²) in [4.78, 5) is 25.6. The van der Waals surface area contributed by atoms with Crippen molar-refractivity contribution in [1.29, 1.82) is 0 Å². The van der Waals surface area contributed by atoms with Crippen molar-refractivity contribution in [2.75, 3.05) is 20.1 Å². The third kappa shape index (κ3) is 2.81. The Morgan fingerprint density at radius 3 is 2.85 bits per heavy atom. The topological polar surface area (TPSA) is 49.4 Å². The molecule has 108 valence electrons. The standard InChI is InChI=1S/C15H19FN2O2/c1-10-5-3-7-12(13(10)16)15(20)18-8-4-6-11(9-18)14(19)17-2/h3,5,7,11H,4,6,8-9H2,1-2H3,(H,17,19). The summed E-state index contributed by atoms with van der Waals surface area (Å²) in [7, 11) is 1.59. The summed E-state index contributed by atoms with van der Waals surface area (Å²) in [5.74, 6) is -1.07. The molecule has 1 aliphatic rings. The number of amides is 2. The zero-order valence-electron chi connectivity index (χ0n) is 11.8. The van der Waals surface area contributed by atoms with Crippen molar-refractivity contribution in [1.82, 2.24) is 10.2 Å². The number of halogens is 1. The van der Waals surface area contributed by atoms with E-state index in [2.05, 4.69) is 5.32 Å². The molecule has 0 bridgehead atoms. The summed E-state index contributed by atoms with van der Waals surface area (Å²) in [6, 6.07) is 4.80. The molecule has 2 rings (SSSR count). The molecule has 4 nitrogen and oxygen atoms in total. The average molecular weight is 278 g/mol. The van der Waals surface area contributed by atoms with Gasteiger partial charge in [-0.1, -0.05) is 12.1 Å². The minimum Gasteiger partial charge on any atom is -0.359 e. The number of benzene rings is 1. The maximum atomic E-state index is 14.0. The zero-order valence-corrected chi connectivity index (χ0v) is 11.8. The van der Waals surface area contributed by atoms with Gasteiger partial charge in [0.25, 0.3) is 5.91 Å². The number of carbonyl (C=O) groups excluding carboxylic acids is 2. The van der Waals surface area contributed by atoms with E-state index in [1.807, 2.05) is 0 Å². The van der Waals surface area contributed by atoms with Gasteiger partial charge < -0.3 is 10.2 Å². The molecule has 0 spiro atoms. The number of rotatable bonds is 2. The molecule has 1 aliphatic heterocycles. The highest BCUT2D eigenvalue weighted by atomic mass is 19.1. The summed E-state index contributed by atoms with van der Waals surface area (Å²) in [5.41, 5.74) is 0.540. The molecule has 20 heavy (non-hydrogen) atoms. The number of hydrogen-bond donors (Lipinski definition) is 1. The monoisotopic (exact) mass is 278 g/mol. The van der Waals surface area contributed by atoms with Crippen LogP contribution in [-0.2, 0) is 4.79 Å². The lowest BCUT2D eigenvalue weighted by Gasteiger charge is -2.32. The van der Waals surface area contributed by atoms with Crippen LogP contribution in [-0.4, -0.2) is 36.9 Å². The maximum absolute atomic E-state index is 14.0. The van der Waals surface area contributed by atoms with Gasteiger partial charge in [0, 0.05) is 20.1 Å². The molecular weight excluding hydrogens is 259 g/mol. The molecule has 1 unspecified atom stereocenters. The van der Waals surface area contributed by atoms with Crippen molar-refractivity contribution in [2.45, 2.75) is 19.8 Å². The van der Waals surface area contributed by atoms with E-state index in [9.17, 15) is 14.0 Å². The van der Waals surface area contributed by atoms with Crippen LogP contribution in [0.3, 0.4) is 0 Å². The minimum absolute atomic E-state index is 0.0628. The molecule has 1 aromatic carbocycles. The maximum Gasteiger partial charge on any atom is 0.256 e. The van der Waals surface area contributed by atoms with E-state index in [4.69, 9.17) is 0 Å². The Labute approximate surface area is 118 Å². The van der Waals surface area contributed by atoms with E-state index in [1.165, 1.54) is 6.07 Å². The first-order chi connectivity index (χ1) is 9.54. The first kappa shape index (κ1) is 14.5. The van der Waals surface area contributed by atoms with Gasteiger partial charge in [-0.2, -0.15) is 0 Å². The number of carbonyl (C=O) groups is 2. The molecular formula is C15H19FN2O2. The Morgan fingerprint density at radius 2 is 2.15 bits per heavy atom. The average Bonchev–Trinajstić information content (AvgIpc) is 2.48. The van der Waals surface area contributed by atoms with E-state index in [-0.39, 0.29) is 23.3 Å². The molecule has 1 atom stereocenters. The molecule has 2 amide bonds. The smallest absolute Gasteiger partial charge is 0.256 e. The fraction of sp³-hybridized carbons (Fsp3) is 0.467. The van der Waals surface area contributed by atoms with Crippen molar-refractivity contribution < 1.29 is 14.0 Å². The van der Waals surface area contributed by atoms with Crippen LogP contribution in [0.1, 0.15) is 28.8 Å². The zero-order chi connectivity index (χ0) is 14.7. The third-order valence-corrected chi connectivity index (χ3v) is 3.75. The summed E-state index contributed by atoms with van der Waals surface area (Å²) in [5, 5.41) is 2.60. The van der Waals surface area contributed by atoms with E-state index < -0.39 is 5.82 Å². The van der Waals surface area contributed by atoms with Crippen LogP contribution in [0, 0.1) is 18.7 Å². The lowest BCUT2D eigenvalue weighted by Crippen LogP contribution is -2.45.